The Kier molecular flexibility index (Phi) is 3.72. The van der Waals surface area contributed by atoms with E-state index in [-0.39, 0.29) is 12.5 Å². The highest BCUT2D eigenvalue weighted by Gasteiger charge is 2.23. The molecule has 1 aliphatic rings. The van der Waals surface area contributed by atoms with Crippen molar-refractivity contribution in [3.05, 3.63) is 35.9 Å². The van der Waals surface area contributed by atoms with Crippen LogP contribution in [0.4, 0.5) is 0 Å². The largest absolute Gasteiger partial charge is 0.468 e. The highest BCUT2D eigenvalue weighted by molar-refractivity contribution is 6.04. The van der Waals surface area contributed by atoms with Gasteiger partial charge in [-0.15, -0.1) is 0 Å². The molecular weight excluding hydrogens is 232 g/mol. The van der Waals surface area contributed by atoms with Crippen LogP contribution in [-0.2, 0) is 14.3 Å². The van der Waals surface area contributed by atoms with Crippen molar-refractivity contribution in [3.8, 4) is 0 Å². The number of hydrazone groups is 1. The predicted octanol–water partition coefficient (Wildman–Crippen LogP) is 1.19. The van der Waals surface area contributed by atoms with Gasteiger partial charge in [0.25, 0.3) is 0 Å². The SMILES string of the molecule is COC(=O)CN1N=C(c2ccccc2)CCC1=O. The van der Waals surface area contributed by atoms with Gasteiger partial charge in [-0.3, -0.25) is 9.59 Å². The van der Waals surface area contributed by atoms with Crippen LogP contribution in [0.1, 0.15) is 18.4 Å². The van der Waals surface area contributed by atoms with Gasteiger partial charge < -0.3 is 4.74 Å². The molecule has 0 fully saturated rings. The minimum atomic E-state index is -0.471. The fourth-order valence-electron chi connectivity index (χ4n) is 1.75. The number of ether oxygens (including phenoxy) is 1. The average Bonchev–Trinajstić information content (AvgIpc) is 2.42. The zero-order valence-corrected chi connectivity index (χ0v) is 10.1. The molecule has 0 radical (unpaired) electrons. The van der Waals surface area contributed by atoms with Crippen molar-refractivity contribution in [1.29, 1.82) is 0 Å². The topological polar surface area (TPSA) is 59.0 Å². The van der Waals surface area contributed by atoms with Crippen LogP contribution in [0.5, 0.6) is 0 Å². The Labute approximate surface area is 105 Å². The Balaban J connectivity index is 2.20. The smallest absolute Gasteiger partial charge is 0.327 e. The molecule has 0 N–H and O–H groups in total. The summed E-state index contributed by atoms with van der Waals surface area (Å²) in [5.41, 5.74) is 1.79. The molecule has 0 unspecified atom stereocenters. The maximum atomic E-state index is 11.6. The lowest BCUT2D eigenvalue weighted by molar-refractivity contribution is -0.147. The van der Waals surface area contributed by atoms with Crippen molar-refractivity contribution in [3.63, 3.8) is 0 Å². The van der Waals surface area contributed by atoms with Crippen LogP contribution in [0.25, 0.3) is 0 Å². The Morgan fingerprint density at radius 3 is 2.72 bits per heavy atom. The van der Waals surface area contributed by atoms with E-state index >= 15 is 0 Å². The zero-order valence-electron chi connectivity index (χ0n) is 10.1. The van der Waals surface area contributed by atoms with E-state index in [0.29, 0.717) is 12.8 Å². The molecule has 5 heteroatoms. The second-order valence-electron chi connectivity index (χ2n) is 3.94. The van der Waals surface area contributed by atoms with Gasteiger partial charge in [0.05, 0.1) is 12.8 Å². The van der Waals surface area contributed by atoms with Crippen molar-refractivity contribution >= 4 is 17.6 Å². The number of esters is 1. The quantitative estimate of drug-likeness (QED) is 0.753. The lowest BCUT2D eigenvalue weighted by Crippen LogP contribution is -2.36. The van der Waals surface area contributed by atoms with Gasteiger partial charge >= 0.3 is 5.97 Å². The van der Waals surface area contributed by atoms with Gasteiger partial charge in [-0.1, -0.05) is 30.3 Å². The van der Waals surface area contributed by atoms with Gasteiger partial charge in [0, 0.05) is 12.8 Å². The Morgan fingerprint density at radius 1 is 1.33 bits per heavy atom. The third kappa shape index (κ3) is 2.74. The van der Waals surface area contributed by atoms with Gasteiger partial charge in [0.2, 0.25) is 5.91 Å². The summed E-state index contributed by atoms with van der Waals surface area (Å²) in [5.74, 6) is -0.624. The van der Waals surface area contributed by atoms with Gasteiger partial charge in [0.1, 0.15) is 6.54 Å². The predicted molar refractivity (Wildman–Crippen MR) is 65.9 cm³/mol. The molecular formula is C13H14N2O3. The van der Waals surface area contributed by atoms with Crippen LogP contribution >= 0.6 is 0 Å². The van der Waals surface area contributed by atoms with E-state index in [4.69, 9.17) is 0 Å². The molecule has 18 heavy (non-hydrogen) atoms. The molecule has 0 atom stereocenters. The highest BCUT2D eigenvalue weighted by Crippen LogP contribution is 2.14. The molecule has 0 aliphatic carbocycles. The molecule has 94 valence electrons. The van der Waals surface area contributed by atoms with Crippen molar-refractivity contribution in [2.45, 2.75) is 12.8 Å². The average molecular weight is 246 g/mol. The second-order valence-corrected chi connectivity index (χ2v) is 3.94. The van der Waals surface area contributed by atoms with E-state index in [0.717, 1.165) is 11.3 Å². The first-order valence-electron chi connectivity index (χ1n) is 5.71. The molecule has 1 aliphatic heterocycles. The number of benzene rings is 1. The number of carbonyl (C=O) groups is 2. The standard InChI is InChI=1S/C13H14N2O3/c1-18-13(17)9-15-12(16)8-7-11(14-15)10-5-3-2-4-6-10/h2-6H,7-9H2,1H3. The summed E-state index contributed by atoms with van der Waals surface area (Å²) in [6.45, 7) is -0.133. The number of hydrogen-bond acceptors (Lipinski definition) is 4. The Hall–Kier alpha value is -2.17. The molecule has 0 spiro atoms. The summed E-state index contributed by atoms with van der Waals surface area (Å²) in [7, 11) is 1.29. The minimum absolute atomic E-state index is 0.133. The zero-order chi connectivity index (χ0) is 13.0. The lowest BCUT2D eigenvalue weighted by atomic mass is 10.0. The number of hydrogen-bond donors (Lipinski definition) is 0. The maximum Gasteiger partial charge on any atom is 0.327 e. The summed E-state index contributed by atoms with van der Waals surface area (Å²) in [5, 5.41) is 5.40. The van der Waals surface area contributed by atoms with Crippen LogP contribution < -0.4 is 0 Å². The molecule has 5 nitrogen and oxygen atoms in total. The number of carbonyl (C=O) groups excluding carboxylic acids is 2. The third-order valence-corrected chi connectivity index (χ3v) is 2.72. The Bertz CT molecular complexity index is 482. The first kappa shape index (κ1) is 12.3. The van der Waals surface area contributed by atoms with E-state index < -0.39 is 5.97 Å². The van der Waals surface area contributed by atoms with Gasteiger partial charge in [0.15, 0.2) is 0 Å². The maximum absolute atomic E-state index is 11.6. The van der Waals surface area contributed by atoms with Gasteiger partial charge in [-0.05, 0) is 5.56 Å². The van der Waals surface area contributed by atoms with Crippen LogP contribution in [0.15, 0.2) is 35.4 Å². The first-order valence-corrected chi connectivity index (χ1v) is 5.71. The summed E-state index contributed by atoms with van der Waals surface area (Å²) >= 11 is 0. The summed E-state index contributed by atoms with van der Waals surface area (Å²) < 4.78 is 4.54. The summed E-state index contributed by atoms with van der Waals surface area (Å²) in [6.07, 6.45) is 0.964. The normalized spacial score (nSPS) is 15.3. The first-order chi connectivity index (χ1) is 8.70. The molecule has 0 saturated heterocycles. The lowest BCUT2D eigenvalue weighted by Gasteiger charge is -2.22. The van der Waals surface area contributed by atoms with Crippen molar-refractivity contribution in [2.24, 2.45) is 5.10 Å². The summed E-state index contributed by atoms with van der Waals surface area (Å²) in [6, 6.07) is 9.62. The van der Waals surface area contributed by atoms with E-state index in [1.54, 1.807) is 0 Å². The monoisotopic (exact) mass is 246 g/mol. The van der Waals surface area contributed by atoms with Crippen molar-refractivity contribution in [2.75, 3.05) is 13.7 Å². The highest BCUT2D eigenvalue weighted by atomic mass is 16.5. The second kappa shape index (κ2) is 5.44. The molecule has 0 aromatic heterocycles. The van der Waals surface area contributed by atoms with E-state index in [2.05, 4.69) is 9.84 Å². The summed E-state index contributed by atoms with van der Waals surface area (Å²) in [4.78, 5) is 22.8. The number of amides is 1. The Morgan fingerprint density at radius 2 is 2.06 bits per heavy atom. The van der Waals surface area contributed by atoms with E-state index in [1.807, 2.05) is 30.3 Å². The number of rotatable bonds is 3. The van der Waals surface area contributed by atoms with E-state index in [9.17, 15) is 9.59 Å². The number of methoxy groups -OCH3 is 1. The van der Waals surface area contributed by atoms with Crippen LogP contribution in [0, 0.1) is 0 Å². The molecule has 1 heterocycles. The molecule has 1 amide bonds. The van der Waals surface area contributed by atoms with Crippen LogP contribution in [0.2, 0.25) is 0 Å². The fourth-order valence-corrected chi connectivity index (χ4v) is 1.75. The molecule has 2 rings (SSSR count). The van der Waals surface area contributed by atoms with E-state index in [1.165, 1.54) is 12.1 Å². The van der Waals surface area contributed by atoms with Gasteiger partial charge in [-0.25, -0.2) is 5.01 Å². The fraction of sp³-hybridized carbons (Fsp3) is 0.308. The molecule has 0 saturated carbocycles. The third-order valence-electron chi connectivity index (χ3n) is 2.72. The number of nitrogens with zero attached hydrogens (tertiary/aromatic N) is 2. The van der Waals surface area contributed by atoms with Crippen molar-refractivity contribution in [1.82, 2.24) is 5.01 Å². The molecule has 1 aromatic rings. The van der Waals surface area contributed by atoms with Crippen LogP contribution in [0.3, 0.4) is 0 Å². The van der Waals surface area contributed by atoms with Crippen molar-refractivity contribution < 1.29 is 14.3 Å². The molecule has 0 bridgehead atoms. The van der Waals surface area contributed by atoms with Gasteiger partial charge in [-0.2, -0.15) is 5.10 Å². The van der Waals surface area contributed by atoms with Crippen LogP contribution in [-0.4, -0.2) is 36.3 Å². The minimum Gasteiger partial charge on any atom is -0.468 e. The molecule has 1 aromatic carbocycles.